The lowest BCUT2D eigenvalue weighted by Crippen LogP contribution is -2.32. The van der Waals surface area contributed by atoms with Gasteiger partial charge in [-0.15, -0.1) is 0 Å². The molecule has 2 amide bonds. The number of nitrogens with one attached hydrogen (secondary N) is 1. The highest BCUT2D eigenvalue weighted by Crippen LogP contribution is 2.33. The van der Waals surface area contributed by atoms with Crippen LogP contribution in [0.2, 0.25) is 0 Å². The summed E-state index contributed by atoms with van der Waals surface area (Å²) in [6.07, 6.45) is 2.20. The molecule has 0 aromatic heterocycles. The molecule has 1 N–H and O–H groups in total. The Hall–Kier alpha value is -3.40. The molecule has 158 valence electrons. The van der Waals surface area contributed by atoms with E-state index in [-0.39, 0.29) is 30.2 Å². The van der Waals surface area contributed by atoms with E-state index in [2.05, 4.69) is 5.32 Å². The predicted octanol–water partition coefficient (Wildman–Crippen LogP) is 5.05. The molecule has 1 saturated carbocycles. The summed E-state index contributed by atoms with van der Waals surface area (Å²) in [5.74, 6) is 0.266. The standard InChI is InChI=1S/C27H28N2O2/c1-20(23-12-6-3-7-13-23)28-26(30)18-22-11-8-14-25(17-22)29(27(31)24-15-16-24)19-21-9-4-2-5-10-21/h2-14,17,20,24H,15-16,18-19H2,1H3,(H,28,30). The average Bonchev–Trinajstić information content (AvgIpc) is 3.64. The van der Waals surface area contributed by atoms with Crippen molar-refractivity contribution in [2.45, 2.75) is 38.8 Å². The minimum atomic E-state index is -0.0529. The van der Waals surface area contributed by atoms with Gasteiger partial charge in [-0.05, 0) is 48.6 Å². The fraction of sp³-hybridized carbons (Fsp3) is 0.259. The van der Waals surface area contributed by atoms with Gasteiger partial charge in [-0.2, -0.15) is 0 Å². The van der Waals surface area contributed by atoms with Crippen LogP contribution in [-0.4, -0.2) is 11.8 Å². The fourth-order valence-electron chi connectivity index (χ4n) is 3.75. The van der Waals surface area contributed by atoms with Gasteiger partial charge < -0.3 is 10.2 Å². The summed E-state index contributed by atoms with van der Waals surface area (Å²) >= 11 is 0. The Balaban J connectivity index is 1.47. The summed E-state index contributed by atoms with van der Waals surface area (Å²) in [6.45, 7) is 2.52. The van der Waals surface area contributed by atoms with Gasteiger partial charge in [-0.3, -0.25) is 9.59 Å². The van der Waals surface area contributed by atoms with Crippen molar-refractivity contribution in [1.29, 1.82) is 0 Å². The molecular formula is C27H28N2O2. The molecule has 1 aliphatic carbocycles. The number of hydrogen-bond donors (Lipinski definition) is 1. The molecule has 3 aromatic rings. The number of amides is 2. The summed E-state index contributed by atoms with van der Waals surface area (Å²) < 4.78 is 0. The molecular weight excluding hydrogens is 384 g/mol. The van der Waals surface area contributed by atoms with Crippen molar-refractivity contribution in [1.82, 2.24) is 5.32 Å². The van der Waals surface area contributed by atoms with Crippen LogP contribution in [0.25, 0.3) is 0 Å². The highest BCUT2D eigenvalue weighted by Gasteiger charge is 2.34. The highest BCUT2D eigenvalue weighted by atomic mass is 16.2. The lowest BCUT2D eigenvalue weighted by molar-refractivity contribution is -0.121. The van der Waals surface area contributed by atoms with Gasteiger partial charge in [0.2, 0.25) is 11.8 Å². The van der Waals surface area contributed by atoms with Crippen LogP contribution >= 0.6 is 0 Å². The number of carbonyl (C=O) groups excluding carboxylic acids is 2. The smallest absolute Gasteiger partial charge is 0.230 e. The Morgan fingerprint density at radius 1 is 0.903 bits per heavy atom. The molecule has 4 heteroatoms. The molecule has 1 fully saturated rings. The monoisotopic (exact) mass is 412 g/mol. The van der Waals surface area contributed by atoms with Gasteiger partial charge in [0.1, 0.15) is 0 Å². The Bertz CT molecular complexity index is 1030. The van der Waals surface area contributed by atoms with Gasteiger partial charge in [0.05, 0.1) is 19.0 Å². The first-order valence-electron chi connectivity index (χ1n) is 10.9. The van der Waals surface area contributed by atoms with Crippen molar-refractivity contribution in [3.8, 4) is 0 Å². The van der Waals surface area contributed by atoms with Crippen LogP contribution in [0, 0.1) is 5.92 Å². The molecule has 0 bridgehead atoms. The van der Waals surface area contributed by atoms with Crippen LogP contribution in [0.3, 0.4) is 0 Å². The summed E-state index contributed by atoms with van der Waals surface area (Å²) in [5, 5.41) is 3.06. The van der Waals surface area contributed by atoms with Crippen molar-refractivity contribution >= 4 is 17.5 Å². The van der Waals surface area contributed by atoms with Crippen LogP contribution in [0.15, 0.2) is 84.9 Å². The second-order valence-electron chi connectivity index (χ2n) is 8.23. The SMILES string of the molecule is CC(NC(=O)Cc1cccc(N(Cc2ccccc2)C(=O)C2CC2)c1)c1ccccc1. The van der Waals surface area contributed by atoms with E-state index in [1.165, 1.54) is 0 Å². The van der Waals surface area contributed by atoms with Crippen LogP contribution in [0.4, 0.5) is 5.69 Å². The topological polar surface area (TPSA) is 49.4 Å². The molecule has 1 aliphatic rings. The minimum absolute atomic E-state index is 0.0309. The zero-order valence-corrected chi connectivity index (χ0v) is 17.8. The molecule has 1 unspecified atom stereocenters. The number of hydrogen-bond acceptors (Lipinski definition) is 2. The maximum atomic E-state index is 13.0. The quantitative estimate of drug-likeness (QED) is 0.563. The third-order valence-electron chi connectivity index (χ3n) is 5.64. The Kier molecular flexibility index (Phi) is 6.46. The van der Waals surface area contributed by atoms with E-state index in [1.807, 2.05) is 96.8 Å². The lowest BCUT2D eigenvalue weighted by atomic mass is 10.1. The number of carbonyl (C=O) groups is 2. The maximum Gasteiger partial charge on any atom is 0.230 e. The van der Waals surface area contributed by atoms with Crippen molar-refractivity contribution in [2.75, 3.05) is 4.90 Å². The van der Waals surface area contributed by atoms with Gasteiger partial charge >= 0.3 is 0 Å². The van der Waals surface area contributed by atoms with E-state index in [0.29, 0.717) is 6.54 Å². The predicted molar refractivity (Wildman–Crippen MR) is 124 cm³/mol. The number of benzene rings is 3. The molecule has 4 nitrogen and oxygen atoms in total. The number of anilines is 1. The Morgan fingerprint density at radius 3 is 2.23 bits per heavy atom. The largest absolute Gasteiger partial charge is 0.349 e. The molecule has 0 aliphatic heterocycles. The van der Waals surface area contributed by atoms with Gasteiger partial charge in [-0.1, -0.05) is 72.8 Å². The third-order valence-corrected chi connectivity index (χ3v) is 5.64. The molecule has 0 saturated heterocycles. The number of rotatable bonds is 8. The van der Waals surface area contributed by atoms with Crippen molar-refractivity contribution < 1.29 is 9.59 Å². The van der Waals surface area contributed by atoms with Gasteiger partial charge in [0.25, 0.3) is 0 Å². The first kappa shape index (κ1) is 20.9. The third kappa shape index (κ3) is 5.60. The summed E-state index contributed by atoms with van der Waals surface area (Å²) in [6, 6.07) is 27.7. The van der Waals surface area contributed by atoms with Crippen LogP contribution in [0.5, 0.6) is 0 Å². The first-order chi connectivity index (χ1) is 15.1. The highest BCUT2D eigenvalue weighted by molar-refractivity contribution is 5.96. The molecule has 0 spiro atoms. The summed E-state index contributed by atoms with van der Waals surface area (Å²) in [5.41, 5.74) is 3.92. The molecule has 0 radical (unpaired) electrons. The molecule has 3 aromatic carbocycles. The van der Waals surface area contributed by atoms with Crippen molar-refractivity contribution in [2.24, 2.45) is 5.92 Å². The minimum Gasteiger partial charge on any atom is -0.349 e. The lowest BCUT2D eigenvalue weighted by Gasteiger charge is -2.24. The van der Waals surface area contributed by atoms with E-state index < -0.39 is 0 Å². The second kappa shape index (κ2) is 9.61. The van der Waals surface area contributed by atoms with E-state index >= 15 is 0 Å². The fourth-order valence-corrected chi connectivity index (χ4v) is 3.75. The van der Waals surface area contributed by atoms with Gasteiger partial charge in [0, 0.05) is 11.6 Å². The van der Waals surface area contributed by atoms with E-state index in [9.17, 15) is 9.59 Å². The van der Waals surface area contributed by atoms with Crippen LogP contribution < -0.4 is 10.2 Å². The van der Waals surface area contributed by atoms with E-state index in [0.717, 1.165) is 35.2 Å². The van der Waals surface area contributed by atoms with Crippen LogP contribution in [0.1, 0.15) is 42.5 Å². The average molecular weight is 413 g/mol. The van der Waals surface area contributed by atoms with Crippen LogP contribution in [-0.2, 0) is 22.6 Å². The Morgan fingerprint density at radius 2 is 1.55 bits per heavy atom. The van der Waals surface area contributed by atoms with Gasteiger partial charge in [0.15, 0.2) is 0 Å². The number of nitrogens with zero attached hydrogens (tertiary/aromatic N) is 1. The maximum absolute atomic E-state index is 13.0. The van der Waals surface area contributed by atoms with E-state index in [4.69, 9.17) is 0 Å². The van der Waals surface area contributed by atoms with E-state index in [1.54, 1.807) is 0 Å². The molecule has 31 heavy (non-hydrogen) atoms. The first-order valence-corrected chi connectivity index (χ1v) is 10.9. The zero-order valence-electron chi connectivity index (χ0n) is 17.8. The molecule has 4 rings (SSSR count). The van der Waals surface area contributed by atoms with Crippen molar-refractivity contribution in [3.63, 3.8) is 0 Å². The molecule has 0 heterocycles. The summed E-state index contributed by atoms with van der Waals surface area (Å²) in [4.78, 5) is 27.5. The van der Waals surface area contributed by atoms with Gasteiger partial charge in [-0.25, -0.2) is 0 Å². The second-order valence-corrected chi connectivity index (χ2v) is 8.23. The summed E-state index contributed by atoms with van der Waals surface area (Å²) in [7, 11) is 0. The normalized spacial score (nSPS) is 14.0. The zero-order chi connectivity index (χ0) is 21.6. The Labute approximate surface area is 183 Å². The molecule has 1 atom stereocenters. The van der Waals surface area contributed by atoms with Crippen molar-refractivity contribution in [3.05, 3.63) is 102 Å².